The minimum Gasteiger partial charge on any atom is -0.385 e. The lowest BCUT2D eigenvalue weighted by atomic mass is 10.0. The Kier molecular flexibility index (Phi) is 3.29. The first-order valence-corrected chi connectivity index (χ1v) is 7.09. The van der Waals surface area contributed by atoms with Gasteiger partial charge in [-0.3, -0.25) is 0 Å². The van der Waals surface area contributed by atoms with Crippen LogP contribution in [0.3, 0.4) is 0 Å². The number of ether oxygens (including phenoxy) is 1. The SMILES string of the molecule is c1cc2cc(NCC3CCOCC3)ccc2s1. The van der Waals surface area contributed by atoms with Crippen LogP contribution in [-0.2, 0) is 4.74 Å². The number of anilines is 1. The predicted octanol–water partition coefficient (Wildman–Crippen LogP) is 3.74. The van der Waals surface area contributed by atoms with Crippen LogP contribution < -0.4 is 5.32 Å². The maximum absolute atomic E-state index is 5.37. The van der Waals surface area contributed by atoms with Crippen LogP contribution in [0.25, 0.3) is 10.1 Å². The molecule has 1 aliphatic heterocycles. The van der Waals surface area contributed by atoms with Gasteiger partial charge in [0, 0.05) is 30.1 Å². The van der Waals surface area contributed by atoms with Crippen LogP contribution in [0.1, 0.15) is 12.8 Å². The van der Waals surface area contributed by atoms with Crippen LogP contribution in [0.4, 0.5) is 5.69 Å². The first-order valence-electron chi connectivity index (χ1n) is 6.21. The maximum Gasteiger partial charge on any atom is 0.0469 e. The van der Waals surface area contributed by atoms with Gasteiger partial charge in [-0.25, -0.2) is 0 Å². The predicted molar refractivity (Wildman–Crippen MR) is 73.9 cm³/mol. The van der Waals surface area contributed by atoms with Crippen molar-refractivity contribution in [2.24, 2.45) is 5.92 Å². The minimum atomic E-state index is 0.766. The molecular weight excluding hydrogens is 230 g/mol. The Labute approximate surface area is 106 Å². The van der Waals surface area contributed by atoms with E-state index in [9.17, 15) is 0 Å². The fraction of sp³-hybridized carbons (Fsp3) is 0.429. The van der Waals surface area contributed by atoms with E-state index < -0.39 is 0 Å². The molecule has 2 heterocycles. The third-order valence-corrected chi connectivity index (χ3v) is 4.29. The van der Waals surface area contributed by atoms with Crippen molar-refractivity contribution in [1.29, 1.82) is 0 Å². The molecule has 3 rings (SSSR count). The molecule has 90 valence electrons. The van der Waals surface area contributed by atoms with Crippen LogP contribution in [-0.4, -0.2) is 19.8 Å². The number of hydrogen-bond acceptors (Lipinski definition) is 3. The lowest BCUT2D eigenvalue weighted by Crippen LogP contribution is -2.22. The average Bonchev–Trinajstić information content (AvgIpc) is 2.85. The quantitative estimate of drug-likeness (QED) is 0.892. The van der Waals surface area contributed by atoms with E-state index >= 15 is 0 Å². The Morgan fingerprint density at radius 2 is 2.12 bits per heavy atom. The number of thiophene rings is 1. The molecule has 0 aliphatic carbocycles. The number of rotatable bonds is 3. The zero-order valence-electron chi connectivity index (χ0n) is 9.82. The Hall–Kier alpha value is -1.06. The number of nitrogens with one attached hydrogen (secondary N) is 1. The average molecular weight is 247 g/mol. The summed E-state index contributed by atoms with van der Waals surface area (Å²) >= 11 is 1.80. The van der Waals surface area contributed by atoms with Crippen LogP contribution in [0, 0.1) is 5.92 Å². The normalized spacial score (nSPS) is 17.4. The highest BCUT2D eigenvalue weighted by Crippen LogP contribution is 2.24. The summed E-state index contributed by atoms with van der Waals surface area (Å²) in [4.78, 5) is 0. The first kappa shape index (κ1) is 11.1. The van der Waals surface area contributed by atoms with Gasteiger partial charge in [-0.15, -0.1) is 11.3 Å². The second-order valence-corrected chi connectivity index (χ2v) is 5.56. The van der Waals surface area contributed by atoms with Crippen LogP contribution in [0.15, 0.2) is 29.6 Å². The fourth-order valence-corrected chi connectivity index (χ4v) is 3.06. The minimum absolute atomic E-state index is 0.766. The lowest BCUT2D eigenvalue weighted by molar-refractivity contribution is 0.0699. The number of fused-ring (bicyclic) bond motifs is 1. The molecule has 1 fully saturated rings. The molecule has 0 atom stereocenters. The Morgan fingerprint density at radius 1 is 1.24 bits per heavy atom. The summed E-state index contributed by atoms with van der Waals surface area (Å²) in [5, 5.41) is 7.03. The van der Waals surface area contributed by atoms with Gasteiger partial charge in [0.25, 0.3) is 0 Å². The van der Waals surface area contributed by atoms with Gasteiger partial charge in [0.05, 0.1) is 0 Å². The summed E-state index contributed by atoms with van der Waals surface area (Å²) in [6.07, 6.45) is 2.38. The summed E-state index contributed by atoms with van der Waals surface area (Å²) in [6.45, 7) is 2.92. The zero-order chi connectivity index (χ0) is 11.5. The molecule has 0 saturated carbocycles. The van der Waals surface area contributed by atoms with E-state index in [4.69, 9.17) is 4.74 Å². The van der Waals surface area contributed by atoms with E-state index in [2.05, 4.69) is 35.0 Å². The van der Waals surface area contributed by atoms with Crippen LogP contribution in [0.5, 0.6) is 0 Å². The van der Waals surface area contributed by atoms with E-state index in [0.717, 1.165) is 25.7 Å². The van der Waals surface area contributed by atoms with E-state index in [1.54, 1.807) is 11.3 Å². The molecule has 2 nitrogen and oxygen atoms in total. The van der Waals surface area contributed by atoms with Crippen LogP contribution in [0.2, 0.25) is 0 Å². The molecule has 0 radical (unpaired) electrons. The van der Waals surface area contributed by atoms with Crippen molar-refractivity contribution in [3.63, 3.8) is 0 Å². The zero-order valence-corrected chi connectivity index (χ0v) is 10.6. The molecule has 1 aliphatic rings. The summed E-state index contributed by atoms with van der Waals surface area (Å²) in [5.74, 6) is 0.766. The van der Waals surface area contributed by atoms with E-state index in [1.165, 1.54) is 28.6 Å². The number of hydrogen-bond donors (Lipinski definition) is 1. The van der Waals surface area contributed by atoms with Crippen molar-refractivity contribution >= 4 is 27.1 Å². The fourth-order valence-electron chi connectivity index (χ4n) is 2.29. The van der Waals surface area contributed by atoms with Crippen molar-refractivity contribution in [2.45, 2.75) is 12.8 Å². The summed E-state index contributed by atoms with van der Waals surface area (Å²) in [6, 6.07) is 8.80. The largest absolute Gasteiger partial charge is 0.385 e. The Morgan fingerprint density at radius 3 is 3.00 bits per heavy atom. The molecule has 0 spiro atoms. The van der Waals surface area contributed by atoms with Gasteiger partial charge in [0.15, 0.2) is 0 Å². The third kappa shape index (κ3) is 2.61. The standard InChI is InChI=1S/C14H17NOS/c1-2-14-12(5-8-17-14)9-13(1)15-10-11-3-6-16-7-4-11/h1-2,5,8-9,11,15H,3-4,6-7,10H2. The molecule has 0 unspecified atom stereocenters. The second kappa shape index (κ2) is 5.07. The van der Waals surface area contributed by atoms with Gasteiger partial charge in [0.1, 0.15) is 0 Å². The molecule has 3 heteroatoms. The van der Waals surface area contributed by atoms with Crippen molar-refractivity contribution in [3.05, 3.63) is 29.6 Å². The molecule has 1 aromatic carbocycles. The summed E-state index contributed by atoms with van der Waals surface area (Å²) < 4.78 is 6.74. The van der Waals surface area contributed by atoms with Crippen LogP contribution >= 0.6 is 11.3 Å². The second-order valence-electron chi connectivity index (χ2n) is 4.61. The highest BCUT2D eigenvalue weighted by molar-refractivity contribution is 7.17. The maximum atomic E-state index is 5.37. The van der Waals surface area contributed by atoms with Gasteiger partial charge in [-0.05, 0) is 53.8 Å². The molecule has 0 amide bonds. The first-order chi connectivity index (χ1) is 8.42. The monoisotopic (exact) mass is 247 g/mol. The topological polar surface area (TPSA) is 21.3 Å². The molecule has 17 heavy (non-hydrogen) atoms. The lowest BCUT2D eigenvalue weighted by Gasteiger charge is -2.22. The van der Waals surface area contributed by atoms with E-state index in [1.807, 2.05) is 0 Å². The van der Waals surface area contributed by atoms with E-state index in [-0.39, 0.29) is 0 Å². The van der Waals surface area contributed by atoms with Gasteiger partial charge < -0.3 is 10.1 Å². The van der Waals surface area contributed by atoms with Crippen molar-refractivity contribution < 1.29 is 4.74 Å². The Balaban J connectivity index is 1.63. The Bertz CT molecular complexity index is 488. The van der Waals surface area contributed by atoms with E-state index in [0.29, 0.717) is 0 Å². The molecule has 2 aromatic rings. The third-order valence-electron chi connectivity index (χ3n) is 3.39. The summed E-state index contributed by atoms with van der Waals surface area (Å²) in [7, 11) is 0. The van der Waals surface area contributed by atoms with Gasteiger partial charge in [-0.1, -0.05) is 0 Å². The van der Waals surface area contributed by atoms with Crippen molar-refractivity contribution in [3.8, 4) is 0 Å². The molecular formula is C14H17NOS. The van der Waals surface area contributed by atoms with Gasteiger partial charge in [-0.2, -0.15) is 0 Å². The summed E-state index contributed by atoms with van der Waals surface area (Å²) in [5.41, 5.74) is 1.24. The smallest absolute Gasteiger partial charge is 0.0469 e. The number of benzene rings is 1. The van der Waals surface area contributed by atoms with Crippen molar-refractivity contribution in [1.82, 2.24) is 0 Å². The molecule has 0 bridgehead atoms. The molecule has 1 aromatic heterocycles. The van der Waals surface area contributed by atoms with Crippen molar-refractivity contribution in [2.75, 3.05) is 25.1 Å². The van der Waals surface area contributed by atoms with Gasteiger partial charge in [0.2, 0.25) is 0 Å². The highest BCUT2D eigenvalue weighted by atomic mass is 32.1. The molecule has 1 N–H and O–H groups in total. The molecule has 1 saturated heterocycles. The highest BCUT2D eigenvalue weighted by Gasteiger charge is 2.13. The van der Waals surface area contributed by atoms with Gasteiger partial charge >= 0.3 is 0 Å².